The molecule has 0 aliphatic rings. The van der Waals surface area contributed by atoms with Gasteiger partial charge in [-0.2, -0.15) is 0 Å². The van der Waals surface area contributed by atoms with Crippen molar-refractivity contribution in [2.24, 2.45) is 5.92 Å². The molecule has 0 bridgehead atoms. The van der Waals surface area contributed by atoms with Crippen LogP contribution in [0.2, 0.25) is 0 Å². The molecular weight excluding hydrogens is 190 g/mol. The molecule has 0 saturated heterocycles. The summed E-state index contributed by atoms with van der Waals surface area (Å²) in [6.07, 6.45) is 6.89. The Hall–Kier alpha value is -1.01. The third kappa shape index (κ3) is 5.44. The van der Waals surface area contributed by atoms with Crippen LogP contribution in [-0.4, -0.2) is 25.2 Å². The van der Waals surface area contributed by atoms with Gasteiger partial charge in [-0.3, -0.25) is 10.1 Å². The summed E-state index contributed by atoms with van der Waals surface area (Å²) in [5, 5.41) is 3.12. The topological polar surface area (TPSA) is 38.3 Å². The highest BCUT2D eigenvalue weighted by Gasteiger charge is 2.22. The average molecular weight is 211 g/mol. The van der Waals surface area contributed by atoms with Gasteiger partial charge in [-0.1, -0.05) is 26.7 Å². The first-order chi connectivity index (χ1) is 7.04. The standard InChI is InChI=1S/C12H21NO2/c1-6-10(7-2)13-11(8-9(3)4)12(14)15-5/h1,9-11,13H,7-8H2,2-5H3. The zero-order valence-electron chi connectivity index (χ0n) is 10.0. The second-order valence-corrected chi connectivity index (χ2v) is 4.00. The largest absolute Gasteiger partial charge is 0.468 e. The van der Waals surface area contributed by atoms with Crippen molar-refractivity contribution in [2.45, 2.75) is 45.7 Å². The number of ether oxygens (including phenoxy) is 1. The molecule has 0 aromatic rings. The Morgan fingerprint density at radius 2 is 2.13 bits per heavy atom. The van der Waals surface area contributed by atoms with Crippen LogP contribution in [0.25, 0.3) is 0 Å². The first kappa shape index (κ1) is 14.0. The minimum atomic E-state index is -0.295. The molecule has 0 fully saturated rings. The SMILES string of the molecule is C#CC(CC)NC(CC(C)C)C(=O)OC. The molecule has 0 aliphatic heterocycles. The molecule has 0 radical (unpaired) electrons. The van der Waals surface area contributed by atoms with Crippen LogP contribution >= 0.6 is 0 Å². The summed E-state index contributed by atoms with van der Waals surface area (Å²) in [5.41, 5.74) is 0. The van der Waals surface area contributed by atoms with Crippen LogP contribution in [0, 0.1) is 18.3 Å². The quantitative estimate of drug-likeness (QED) is 0.535. The van der Waals surface area contributed by atoms with Crippen molar-refractivity contribution >= 4 is 5.97 Å². The maximum atomic E-state index is 11.5. The zero-order valence-corrected chi connectivity index (χ0v) is 10.0. The second kappa shape index (κ2) is 7.30. The van der Waals surface area contributed by atoms with Crippen LogP contribution in [-0.2, 0) is 9.53 Å². The van der Waals surface area contributed by atoms with Crippen LogP contribution in [0.3, 0.4) is 0 Å². The molecule has 0 rings (SSSR count). The summed E-state index contributed by atoms with van der Waals surface area (Å²) < 4.78 is 4.73. The molecule has 0 aromatic carbocycles. The van der Waals surface area contributed by atoms with E-state index < -0.39 is 0 Å². The first-order valence-corrected chi connectivity index (χ1v) is 5.35. The molecule has 0 aromatic heterocycles. The van der Waals surface area contributed by atoms with E-state index in [0.717, 1.165) is 12.8 Å². The zero-order chi connectivity index (χ0) is 11.8. The lowest BCUT2D eigenvalue weighted by atomic mass is 10.0. The van der Waals surface area contributed by atoms with Gasteiger partial charge in [-0.25, -0.2) is 0 Å². The van der Waals surface area contributed by atoms with Crippen molar-refractivity contribution in [2.75, 3.05) is 7.11 Å². The van der Waals surface area contributed by atoms with E-state index in [1.165, 1.54) is 7.11 Å². The number of hydrogen-bond acceptors (Lipinski definition) is 3. The molecule has 0 heterocycles. The minimum absolute atomic E-state index is 0.0622. The van der Waals surface area contributed by atoms with E-state index in [4.69, 9.17) is 11.2 Å². The number of nitrogens with one attached hydrogen (secondary N) is 1. The highest BCUT2D eigenvalue weighted by molar-refractivity contribution is 5.75. The van der Waals surface area contributed by atoms with E-state index in [9.17, 15) is 4.79 Å². The van der Waals surface area contributed by atoms with E-state index in [0.29, 0.717) is 5.92 Å². The Kier molecular flexibility index (Phi) is 6.81. The number of hydrogen-bond donors (Lipinski definition) is 1. The van der Waals surface area contributed by atoms with Gasteiger partial charge in [-0.15, -0.1) is 6.42 Å². The third-order valence-electron chi connectivity index (χ3n) is 2.20. The van der Waals surface area contributed by atoms with Crippen molar-refractivity contribution in [1.82, 2.24) is 5.32 Å². The molecule has 3 heteroatoms. The van der Waals surface area contributed by atoms with Gasteiger partial charge in [0.15, 0.2) is 0 Å². The third-order valence-corrected chi connectivity index (χ3v) is 2.20. The van der Waals surface area contributed by atoms with Crippen molar-refractivity contribution in [3.63, 3.8) is 0 Å². The fourth-order valence-corrected chi connectivity index (χ4v) is 1.37. The maximum Gasteiger partial charge on any atom is 0.322 e. The smallest absolute Gasteiger partial charge is 0.322 e. The first-order valence-electron chi connectivity index (χ1n) is 5.35. The van der Waals surface area contributed by atoms with Crippen molar-refractivity contribution in [3.8, 4) is 12.3 Å². The fourth-order valence-electron chi connectivity index (χ4n) is 1.37. The summed E-state index contributed by atoms with van der Waals surface area (Å²) >= 11 is 0. The molecule has 2 atom stereocenters. The Morgan fingerprint density at radius 3 is 2.47 bits per heavy atom. The summed E-state index contributed by atoms with van der Waals surface area (Å²) in [4.78, 5) is 11.5. The number of carbonyl (C=O) groups is 1. The highest BCUT2D eigenvalue weighted by atomic mass is 16.5. The summed E-state index contributed by atoms with van der Waals surface area (Å²) in [6.45, 7) is 6.12. The molecule has 0 saturated carbocycles. The molecule has 2 unspecified atom stereocenters. The van der Waals surface area contributed by atoms with E-state index in [1.54, 1.807) is 0 Å². The number of terminal acetylenes is 1. The Balaban J connectivity index is 4.37. The van der Waals surface area contributed by atoms with Crippen LogP contribution in [0.4, 0.5) is 0 Å². The normalized spacial score (nSPS) is 14.4. The van der Waals surface area contributed by atoms with Gasteiger partial charge in [-0.05, 0) is 18.8 Å². The minimum Gasteiger partial charge on any atom is -0.468 e. The lowest BCUT2D eigenvalue weighted by Crippen LogP contribution is -2.43. The van der Waals surface area contributed by atoms with E-state index >= 15 is 0 Å². The van der Waals surface area contributed by atoms with E-state index in [2.05, 4.69) is 25.1 Å². The Bertz CT molecular complexity index is 230. The lowest BCUT2D eigenvalue weighted by Gasteiger charge is -2.21. The van der Waals surface area contributed by atoms with Gasteiger partial charge in [0.25, 0.3) is 0 Å². The predicted molar refractivity (Wildman–Crippen MR) is 61.3 cm³/mol. The number of methoxy groups -OCH3 is 1. The predicted octanol–water partition coefficient (Wildman–Crippen LogP) is 1.58. The van der Waals surface area contributed by atoms with Crippen LogP contribution in [0.15, 0.2) is 0 Å². The number of esters is 1. The molecule has 3 nitrogen and oxygen atoms in total. The Labute approximate surface area is 92.6 Å². The number of carbonyl (C=O) groups excluding carboxylic acids is 1. The van der Waals surface area contributed by atoms with Crippen LogP contribution in [0.5, 0.6) is 0 Å². The highest BCUT2D eigenvalue weighted by Crippen LogP contribution is 2.07. The summed E-state index contributed by atoms with van der Waals surface area (Å²) in [6, 6.07) is -0.358. The second-order valence-electron chi connectivity index (χ2n) is 4.00. The molecule has 1 N–H and O–H groups in total. The van der Waals surface area contributed by atoms with Crippen molar-refractivity contribution in [3.05, 3.63) is 0 Å². The molecule has 0 aliphatic carbocycles. The van der Waals surface area contributed by atoms with Gasteiger partial charge in [0, 0.05) is 0 Å². The molecule has 86 valence electrons. The monoisotopic (exact) mass is 211 g/mol. The van der Waals surface area contributed by atoms with Gasteiger partial charge in [0.2, 0.25) is 0 Å². The van der Waals surface area contributed by atoms with Gasteiger partial charge >= 0.3 is 5.97 Å². The molecular formula is C12H21NO2. The van der Waals surface area contributed by atoms with Crippen LogP contribution in [0.1, 0.15) is 33.6 Å². The molecule has 0 spiro atoms. The maximum absolute atomic E-state index is 11.5. The lowest BCUT2D eigenvalue weighted by molar-refractivity contribution is -0.143. The summed E-state index contributed by atoms with van der Waals surface area (Å²) in [5.74, 6) is 2.80. The van der Waals surface area contributed by atoms with Gasteiger partial charge in [0.05, 0.1) is 13.2 Å². The van der Waals surface area contributed by atoms with E-state index in [1.807, 2.05) is 6.92 Å². The Morgan fingerprint density at radius 1 is 1.53 bits per heavy atom. The fraction of sp³-hybridized carbons (Fsp3) is 0.750. The van der Waals surface area contributed by atoms with Crippen LogP contribution < -0.4 is 5.32 Å². The summed E-state index contributed by atoms with van der Waals surface area (Å²) in [7, 11) is 1.40. The average Bonchev–Trinajstić information content (AvgIpc) is 2.22. The molecule has 0 amide bonds. The van der Waals surface area contributed by atoms with Gasteiger partial charge < -0.3 is 4.74 Å². The van der Waals surface area contributed by atoms with Crippen molar-refractivity contribution in [1.29, 1.82) is 0 Å². The van der Waals surface area contributed by atoms with E-state index in [-0.39, 0.29) is 18.1 Å². The number of rotatable bonds is 6. The molecule has 15 heavy (non-hydrogen) atoms. The van der Waals surface area contributed by atoms with Crippen molar-refractivity contribution < 1.29 is 9.53 Å². The van der Waals surface area contributed by atoms with Gasteiger partial charge in [0.1, 0.15) is 6.04 Å².